The normalized spacial score (nSPS) is 16.7. The number of carbonyl (C=O) groups excluding carboxylic acids is 1. The second-order valence-corrected chi connectivity index (χ2v) is 8.67. The van der Waals surface area contributed by atoms with Gasteiger partial charge in [0.1, 0.15) is 0 Å². The van der Waals surface area contributed by atoms with Crippen molar-refractivity contribution < 1.29 is 17.9 Å². The number of hydrogen-bond acceptors (Lipinski definition) is 5. The van der Waals surface area contributed by atoms with Gasteiger partial charge in [0.05, 0.1) is 19.2 Å². The molecule has 1 saturated heterocycles. The van der Waals surface area contributed by atoms with Crippen LogP contribution in [-0.4, -0.2) is 52.1 Å². The summed E-state index contributed by atoms with van der Waals surface area (Å²) in [5, 5.41) is 0. The van der Waals surface area contributed by atoms with Crippen molar-refractivity contribution in [3.05, 3.63) is 54.1 Å². The summed E-state index contributed by atoms with van der Waals surface area (Å²) in [4.78, 5) is 13.9. The number of hydrogen-bond donors (Lipinski definition) is 1. The minimum atomic E-state index is -2.83. The van der Waals surface area contributed by atoms with Crippen LogP contribution in [-0.2, 0) is 26.8 Å². The van der Waals surface area contributed by atoms with E-state index in [2.05, 4.69) is 40.8 Å². The number of thiol groups is 1. The Hall–Kier alpha value is -2.38. The number of methoxy groups -OCH3 is 1. The zero-order chi connectivity index (χ0) is 21.5. The topological polar surface area (TPSA) is 66.9 Å². The zero-order valence-electron chi connectivity index (χ0n) is 17.6. The lowest BCUT2D eigenvalue weighted by atomic mass is 10.0. The molecular weight excluding hydrogens is 400 g/mol. The van der Waals surface area contributed by atoms with Gasteiger partial charge in [0.15, 0.2) is 0 Å². The Morgan fingerprint density at radius 1 is 1.10 bits per heavy atom. The quantitative estimate of drug-likeness (QED) is 0.489. The van der Waals surface area contributed by atoms with E-state index in [1.165, 1.54) is 36.4 Å². The maximum absolute atomic E-state index is 11.6. The molecule has 2 aromatic rings. The van der Waals surface area contributed by atoms with E-state index >= 15 is 0 Å². The Balaban J connectivity index is 1.62. The molecule has 3 rings (SSSR count). The third-order valence-electron chi connectivity index (χ3n) is 5.78. The number of benzene rings is 2. The lowest BCUT2D eigenvalue weighted by Gasteiger charge is -2.20. The predicted octanol–water partition coefficient (Wildman–Crippen LogP) is 3.28. The van der Waals surface area contributed by atoms with Crippen molar-refractivity contribution in [1.82, 2.24) is 4.90 Å². The first-order valence-corrected chi connectivity index (χ1v) is 11.5. The molecule has 0 N–H and O–H groups in total. The number of likely N-dealkylation sites (tertiary alicyclic amines) is 1. The lowest BCUT2D eigenvalue weighted by Crippen LogP contribution is -2.28. The summed E-state index contributed by atoms with van der Waals surface area (Å²) in [5.41, 5.74) is 3.97. The molecule has 0 amide bonds. The summed E-state index contributed by atoms with van der Waals surface area (Å²) >= 11 is 0. The third-order valence-corrected chi connectivity index (χ3v) is 6.61. The number of ether oxygens (including phenoxy) is 1. The highest BCUT2D eigenvalue weighted by Gasteiger charge is 2.19. The first kappa shape index (κ1) is 22.3. The minimum absolute atomic E-state index is 0.0131. The van der Waals surface area contributed by atoms with Crippen molar-refractivity contribution in [3.63, 3.8) is 0 Å². The summed E-state index contributed by atoms with van der Waals surface area (Å²) in [6.07, 6.45) is 3.67. The van der Waals surface area contributed by atoms with Crippen molar-refractivity contribution in [1.29, 1.82) is 0 Å². The van der Waals surface area contributed by atoms with Gasteiger partial charge in [-0.1, -0.05) is 36.4 Å². The second-order valence-electron chi connectivity index (χ2n) is 7.71. The average Bonchev–Trinajstić information content (AvgIpc) is 3.17. The van der Waals surface area contributed by atoms with Crippen molar-refractivity contribution in [3.8, 4) is 11.1 Å². The van der Waals surface area contributed by atoms with Gasteiger partial charge in [-0.25, -0.2) is 8.42 Å². The molecule has 0 saturated carbocycles. The molecular formula is C23H30N2O4S. The van der Waals surface area contributed by atoms with E-state index in [0.717, 1.165) is 24.1 Å². The largest absolute Gasteiger partial charge is 0.469 e. The van der Waals surface area contributed by atoms with E-state index in [0.29, 0.717) is 11.7 Å². The predicted molar refractivity (Wildman–Crippen MR) is 120 cm³/mol. The number of anilines is 1. The molecule has 0 bridgehead atoms. The number of rotatable bonds is 9. The van der Waals surface area contributed by atoms with E-state index < -0.39 is 16.9 Å². The molecule has 1 aliphatic heterocycles. The van der Waals surface area contributed by atoms with Crippen LogP contribution in [0.5, 0.6) is 0 Å². The van der Waals surface area contributed by atoms with Gasteiger partial charge in [0.25, 0.3) is 0 Å². The minimum Gasteiger partial charge on any atom is -0.469 e. The molecule has 30 heavy (non-hydrogen) atoms. The van der Waals surface area contributed by atoms with Crippen molar-refractivity contribution in [2.24, 2.45) is 0 Å². The fourth-order valence-corrected chi connectivity index (χ4v) is 4.48. The van der Waals surface area contributed by atoms with Crippen molar-refractivity contribution in [2.45, 2.75) is 38.6 Å². The molecule has 2 aromatic carbocycles. The van der Waals surface area contributed by atoms with E-state index in [1.807, 2.05) is 12.1 Å². The molecule has 0 aromatic heterocycles. The molecule has 0 radical (unpaired) electrons. The Morgan fingerprint density at radius 3 is 2.27 bits per heavy atom. The molecule has 7 heteroatoms. The van der Waals surface area contributed by atoms with Gasteiger partial charge in [-0.2, -0.15) is 0 Å². The van der Waals surface area contributed by atoms with Gasteiger partial charge in [-0.15, -0.1) is 0 Å². The summed E-state index contributed by atoms with van der Waals surface area (Å²) < 4.78 is 28.9. The first-order chi connectivity index (χ1) is 14.5. The number of esters is 1. The molecule has 6 nitrogen and oxygen atoms in total. The van der Waals surface area contributed by atoms with Crippen LogP contribution in [0.1, 0.15) is 31.7 Å². The molecule has 1 heterocycles. The smallest absolute Gasteiger partial charge is 0.307 e. The van der Waals surface area contributed by atoms with E-state index in [4.69, 9.17) is 0 Å². The van der Waals surface area contributed by atoms with Gasteiger partial charge in [-0.3, -0.25) is 9.10 Å². The van der Waals surface area contributed by atoms with Crippen molar-refractivity contribution >= 4 is 22.5 Å². The van der Waals surface area contributed by atoms with Gasteiger partial charge in [0.2, 0.25) is 10.9 Å². The molecule has 162 valence electrons. The first-order valence-electron chi connectivity index (χ1n) is 10.4. The van der Waals surface area contributed by atoms with E-state index in [9.17, 15) is 13.2 Å². The molecule has 1 atom stereocenters. The van der Waals surface area contributed by atoms with Gasteiger partial charge in [0, 0.05) is 19.1 Å². The zero-order valence-corrected chi connectivity index (χ0v) is 18.5. The van der Waals surface area contributed by atoms with Gasteiger partial charge < -0.3 is 9.64 Å². The Morgan fingerprint density at radius 2 is 1.73 bits per heavy atom. The van der Waals surface area contributed by atoms with Crippen LogP contribution in [0.4, 0.5) is 5.69 Å². The summed E-state index contributed by atoms with van der Waals surface area (Å²) in [7, 11) is -1.55. The van der Waals surface area contributed by atoms with Crippen LogP contribution in [0, 0.1) is 0 Å². The van der Waals surface area contributed by atoms with Crippen LogP contribution in [0.3, 0.4) is 0 Å². The van der Waals surface area contributed by atoms with Gasteiger partial charge in [-0.05, 0) is 61.6 Å². The van der Waals surface area contributed by atoms with Gasteiger partial charge >= 0.3 is 5.97 Å². The molecule has 0 aliphatic carbocycles. The average molecular weight is 431 g/mol. The fourth-order valence-electron chi connectivity index (χ4n) is 3.89. The fraction of sp³-hybridized carbons (Fsp3) is 0.435. The van der Waals surface area contributed by atoms with Crippen LogP contribution >= 0.6 is 0 Å². The lowest BCUT2D eigenvalue weighted by molar-refractivity contribution is -0.140. The second kappa shape index (κ2) is 10.6. The Labute approximate surface area is 180 Å². The number of carbonyl (C=O) groups is 1. The third kappa shape index (κ3) is 5.83. The highest BCUT2D eigenvalue weighted by molar-refractivity contribution is 7.74. The molecule has 1 unspecified atom stereocenters. The molecule has 1 fully saturated rings. The van der Waals surface area contributed by atoms with E-state index in [1.54, 1.807) is 12.1 Å². The van der Waals surface area contributed by atoms with Crippen LogP contribution in [0.25, 0.3) is 11.1 Å². The van der Waals surface area contributed by atoms with Crippen LogP contribution < -0.4 is 4.31 Å². The summed E-state index contributed by atoms with van der Waals surface area (Å²) in [5.74, 6) is -0.437. The maximum atomic E-state index is 11.6. The highest BCUT2D eigenvalue weighted by Crippen LogP contribution is 2.24. The van der Waals surface area contributed by atoms with E-state index in [-0.39, 0.29) is 13.0 Å². The monoisotopic (exact) mass is 430 g/mol. The SMILES string of the molecule is COC(=O)CCN(c1ccc(-c2ccc(CCN3CCCC3C)cc2)cc1)[SH](=O)=O. The molecule has 0 spiro atoms. The Kier molecular flexibility index (Phi) is 7.87. The van der Waals surface area contributed by atoms with Crippen LogP contribution in [0.2, 0.25) is 0 Å². The highest BCUT2D eigenvalue weighted by atomic mass is 32.2. The Bertz CT molecular complexity index is 902. The van der Waals surface area contributed by atoms with Crippen LogP contribution in [0.15, 0.2) is 48.5 Å². The summed E-state index contributed by atoms with van der Waals surface area (Å²) in [6.45, 7) is 4.68. The number of nitrogens with zero attached hydrogens (tertiary/aromatic N) is 2. The standard InChI is InChI=1S/C23H30N2O4S/c1-18-4-3-15-24(18)16-13-19-5-7-20(8-6-19)21-9-11-22(12-10-21)25(30(27)28)17-14-23(26)29-2/h5-12,18,30H,3-4,13-17H2,1-2H3. The summed E-state index contributed by atoms with van der Waals surface area (Å²) in [6, 6.07) is 16.6. The van der Waals surface area contributed by atoms with Crippen molar-refractivity contribution in [2.75, 3.05) is 31.0 Å². The molecule has 1 aliphatic rings. The maximum Gasteiger partial charge on any atom is 0.307 e.